The minimum atomic E-state index is 0. The summed E-state index contributed by atoms with van der Waals surface area (Å²) in [6, 6.07) is 8.48. The number of hydrogen-bond acceptors (Lipinski definition) is 3. The van der Waals surface area contributed by atoms with E-state index in [1.165, 1.54) is 5.56 Å². The van der Waals surface area contributed by atoms with E-state index in [9.17, 15) is 4.79 Å². The third-order valence-corrected chi connectivity index (χ3v) is 5.69. The Morgan fingerprint density at radius 3 is 2.74 bits per heavy atom. The van der Waals surface area contributed by atoms with Crippen LogP contribution in [-0.2, 0) is 4.79 Å². The van der Waals surface area contributed by atoms with E-state index in [2.05, 4.69) is 53.4 Å². The van der Waals surface area contributed by atoms with Crippen LogP contribution >= 0.6 is 24.8 Å². The molecule has 4 rings (SSSR count). The molecule has 2 saturated heterocycles. The Hall–Kier alpha value is -1.56. The van der Waals surface area contributed by atoms with Crippen LogP contribution < -0.4 is 5.32 Å². The van der Waals surface area contributed by atoms with Crippen LogP contribution in [0.25, 0.3) is 11.3 Å². The van der Waals surface area contributed by atoms with Gasteiger partial charge in [0.2, 0.25) is 5.91 Å². The number of halogens is 2. The van der Waals surface area contributed by atoms with Crippen LogP contribution in [0.4, 0.5) is 0 Å². The molecule has 0 aliphatic carbocycles. The summed E-state index contributed by atoms with van der Waals surface area (Å²) in [6.07, 6.45) is 3.93. The van der Waals surface area contributed by atoms with Gasteiger partial charge in [0.05, 0.1) is 17.9 Å². The number of rotatable bonds is 4. The Morgan fingerprint density at radius 2 is 2.07 bits per heavy atom. The molecule has 2 unspecified atom stereocenters. The van der Waals surface area contributed by atoms with E-state index in [1.807, 2.05) is 11.1 Å². The molecule has 1 amide bonds. The van der Waals surface area contributed by atoms with Crippen molar-refractivity contribution in [3.63, 3.8) is 0 Å². The molecule has 5 nitrogen and oxygen atoms in total. The minimum absolute atomic E-state index is 0. The van der Waals surface area contributed by atoms with Gasteiger partial charge in [-0.05, 0) is 50.4 Å². The first-order valence-electron chi connectivity index (χ1n) is 9.26. The van der Waals surface area contributed by atoms with Gasteiger partial charge in [-0.1, -0.05) is 30.7 Å². The van der Waals surface area contributed by atoms with E-state index >= 15 is 0 Å². The van der Waals surface area contributed by atoms with Gasteiger partial charge >= 0.3 is 0 Å². The molecule has 0 radical (unpaired) electrons. The maximum absolute atomic E-state index is 12.9. The normalized spacial score (nSPS) is 20.4. The third kappa shape index (κ3) is 4.31. The van der Waals surface area contributed by atoms with Gasteiger partial charge in [-0.2, -0.15) is 0 Å². The molecule has 2 aliphatic rings. The molecule has 1 aromatic carbocycles. The number of likely N-dealkylation sites (tertiary alicyclic amines) is 1. The van der Waals surface area contributed by atoms with E-state index in [4.69, 9.17) is 0 Å². The van der Waals surface area contributed by atoms with Gasteiger partial charge in [-0.25, -0.2) is 4.98 Å². The second kappa shape index (κ2) is 9.09. The lowest BCUT2D eigenvalue weighted by atomic mass is 9.88. The van der Waals surface area contributed by atoms with Crippen molar-refractivity contribution in [2.24, 2.45) is 11.8 Å². The first-order chi connectivity index (χ1) is 12.1. The fraction of sp³-hybridized carbons (Fsp3) is 0.500. The van der Waals surface area contributed by atoms with E-state index in [0.717, 1.165) is 49.6 Å². The monoisotopic (exact) mass is 410 g/mol. The van der Waals surface area contributed by atoms with Crippen LogP contribution in [0.2, 0.25) is 0 Å². The third-order valence-electron chi connectivity index (χ3n) is 5.69. The van der Waals surface area contributed by atoms with Crippen molar-refractivity contribution in [2.75, 3.05) is 19.6 Å². The molecule has 0 bridgehead atoms. The van der Waals surface area contributed by atoms with Crippen LogP contribution in [0.3, 0.4) is 0 Å². The number of nitrogens with zero attached hydrogens (tertiary/aromatic N) is 2. The molecule has 0 saturated carbocycles. The summed E-state index contributed by atoms with van der Waals surface area (Å²) in [5, 5.41) is 3.27. The van der Waals surface area contributed by atoms with Gasteiger partial charge in [0.1, 0.15) is 5.82 Å². The largest absolute Gasteiger partial charge is 0.340 e. The van der Waals surface area contributed by atoms with Crippen molar-refractivity contribution in [2.45, 2.75) is 32.7 Å². The van der Waals surface area contributed by atoms with Crippen LogP contribution in [-0.4, -0.2) is 40.4 Å². The molecular formula is C20H28Cl2N4O. The summed E-state index contributed by atoms with van der Waals surface area (Å²) in [6.45, 7) is 6.93. The van der Waals surface area contributed by atoms with E-state index < -0.39 is 0 Å². The maximum Gasteiger partial charge on any atom is 0.226 e. The zero-order chi connectivity index (χ0) is 17.4. The van der Waals surface area contributed by atoms with E-state index in [-0.39, 0.29) is 42.7 Å². The summed E-state index contributed by atoms with van der Waals surface area (Å²) >= 11 is 0. The average molecular weight is 411 g/mol. The standard InChI is InChI=1S/C20H26N4O.2ClH/c1-13-5-3-6-15(9-13)17-12-22-19(23-17)18-7-4-8-24(18)20(25)14(2)16-10-21-11-16;;/h3,5-6,9,12,14,16,18,21H,4,7-8,10-11H2,1-2H3,(H,22,23);2*1H. The number of hydrogen-bond donors (Lipinski definition) is 2. The summed E-state index contributed by atoms with van der Waals surface area (Å²) in [7, 11) is 0. The zero-order valence-electron chi connectivity index (χ0n) is 15.8. The number of carbonyl (C=O) groups excluding carboxylic acids is 1. The smallest absolute Gasteiger partial charge is 0.226 e. The molecule has 2 N–H and O–H groups in total. The number of aromatic amines is 1. The van der Waals surface area contributed by atoms with Gasteiger partial charge < -0.3 is 15.2 Å². The van der Waals surface area contributed by atoms with Crippen molar-refractivity contribution in [3.05, 3.63) is 41.9 Å². The molecule has 3 heterocycles. The fourth-order valence-electron chi connectivity index (χ4n) is 3.91. The quantitative estimate of drug-likeness (QED) is 0.806. The number of amides is 1. The van der Waals surface area contributed by atoms with Crippen LogP contribution in [0, 0.1) is 18.8 Å². The molecule has 2 atom stereocenters. The van der Waals surface area contributed by atoms with Crippen LogP contribution in [0.15, 0.2) is 30.5 Å². The molecular weight excluding hydrogens is 383 g/mol. The van der Waals surface area contributed by atoms with Crippen molar-refractivity contribution in [3.8, 4) is 11.3 Å². The van der Waals surface area contributed by atoms with Gasteiger partial charge in [0, 0.05) is 12.5 Å². The molecule has 2 aliphatic heterocycles. The topological polar surface area (TPSA) is 61.0 Å². The lowest BCUT2D eigenvalue weighted by molar-refractivity contribution is -0.138. The summed E-state index contributed by atoms with van der Waals surface area (Å²) in [5.41, 5.74) is 3.40. The number of benzene rings is 1. The molecule has 27 heavy (non-hydrogen) atoms. The predicted octanol–water partition coefficient (Wildman–Crippen LogP) is 3.75. The van der Waals surface area contributed by atoms with Crippen molar-refractivity contribution in [1.82, 2.24) is 20.2 Å². The first-order valence-corrected chi connectivity index (χ1v) is 9.26. The van der Waals surface area contributed by atoms with Gasteiger partial charge in [0.25, 0.3) is 0 Å². The van der Waals surface area contributed by atoms with Gasteiger partial charge in [-0.3, -0.25) is 4.79 Å². The molecule has 148 valence electrons. The van der Waals surface area contributed by atoms with Crippen molar-refractivity contribution in [1.29, 1.82) is 0 Å². The number of nitrogens with one attached hydrogen (secondary N) is 2. The minimum Gasteiger partial charge on any atom is -0.340 e. The lowest BCUT2D eigenvalue weighted by Gasteiger charge is -2.35. The van der Waals surface area contributed by atoms with Crippen LogP contribution in [0.5, 0.6) is 0 Å². The highest BCUT2D eigenvalue weighted by Crippen LogP contribution is 2.34. The summed E-state index contributed by atoms with van der Waals surface area (Å²) in [4.78, 5) is 23.1. The Kier molecular flexibility index (Phi) is 7.32. The number of H-pyrrole nitrogens is 1. The highest BCUT2D eigenvalue weighted by molar-refractivity contribution is 5.85. The van der Waals surface area contributed by atoms with Crippen molar-refractivity contribution < 1.29 is 4.79 Å². The fourth-order valence-corrected chi connectivity index (χ4v) is 3.91. The van der Waals surface area contributed by atoms with Crippen molar-refractivity contribution >= 4 is 30.7 Å². The lowest BCUT2D eigenvalue weighted by Crippen LogP contribution is -2.50. The predicted molar refractivity (Wildman–Crippen MR) is 112 cm³/mol. The second-order valence-electron chi connectivity index (χ2n) is 7.45. The summed E-state index contributed by atoms with van der Waals surface area (Å²) < 4.78 is 0. The SMILES string of the molecule is Cc1cccc(-c2cnc(C3CCCN3C(=O)C(C)C3CNC3)[nH]2)c1.Cl.Cl. The first kappa shape index (κ1) is 21.7. The number of carbonyl (C=O) groups is 1. The Balaban J connectivity index is 0.00000131. The second-order valence-corrected chi connectivity index (χ2v) is 7.45. The van der Waals surface area contributed by atoms with Gasteiger partial charge in [-0.15, -0.1) is 24.8 Å². The zero-order valence-corrected chi connectivity index (χ0v) is 17.4. The highest BCUT2D eigenvalue weighted by Gasteiger charge is 2.37. The maximum atomic E-state index is 12.9. The van der Waals surface area contributed by atoms with Gasteiger partial charge in [0.15, 0.2) is 0 Å². The average Bonchev–Trinajstić information content (AvgIpc) is 3.21. The van der Waals surface area contributed by atoms with E-state index in [1.54, 1.807) is 0 Å². The molecule has 0 spiro atoms. The molecule has 7 heteroatoms. The highest BCUT2D eigenvalue weighted by atomic mass is 35.5. The number of aromatic nitrogens is 2. The Morgan fingerprint density at radius 1 is 1.30 bits per heavy atom. The molecule has 2 aromatic rings. The Bertz CT molecular complexity index is 775. The number of aryl methyl sites for hydroxylation is 1. The Labute approximate surface area is 173 Å². The van der Waals surface area contributed by atoms with E-state index in [0.29, 0.717) is 5.92 Å². The number of imidazole rings is 1. The summed E-state index contributed by atoms with van der Waals surface area (Å²) in [5.74, 6) is 1.77. The molecule has 1 aromatic heterocycles. The molecule has 2 fully saturated rings. The van der Waals surface area contributed by atoms with Crippen LogP contribution in [0.1, 0.15) is 37.2 Å².